The van der Waals surface area contributed by atoms with E-state index in [0.29, 0.717) is 18.7 Å². The van der Waals surface area contributed by atoms with Gasteiger partial charge in [0.05, 0.1) is 18.3 Å². The Balaban J connectivity index is 1.96. The van der Waals surface area contributed by atoms with Crippen molar-refractivity contribution in [2.75, 3.05) is 6.61 Å². The Bertz CT molecular complexity index is 446. The minimum Gasteiger partial charge on any atom is -0.480 e. The number of aliphatic carboxylic acids is 1. The smallest absolute Gasteiger partial charge is 0.326 e. The number of carboxylic acid groups (broad SMARTS) is 1. The second-order valence-electron chi connectivity index (χ2n) is 4.65. The summed E-state index contributed by atoms with van der Waals surface area (Å²) in [6, 6.07) is -0.958. The lowest BCUT2D eigenvalue weighted by Gasteiger charge is -2.18. The number of hydrogen-bond donors (Lipinski definition) is 3. The van der Waals surface area contributed by atoms with Crippen LogP contribution >= 0.6 is 0 Å². The van der Waals surface area contributed by atoms with Crippen molar-refractivity contribution in [1.29, 1.82) is 0 Å². The molecule has 1 aliphatic heterocycles. The number of nitrogens with one attached hydrogen (secondary N) is 2. The summed E-state index contributed by atoms with van der Waals surface area (Å²) in [5.41, 5.74) is 0.670. The van der Waals surface area contributed by atoms with E-state index in [1.165, 1.54) is 6.33 Å². The molecule has 0 aromatic carbocycles. The van der Waals surface area contributed by atoms with Crippen LogP contribution in [0.15, 0.2) is 12.5 Å². The van der Waals surface area contributed by atoms with E-state index < -0.39 is 12.0 Å². The van der Waals surface area contributed by atoms with Gasteiger partial charge in [0.2, 0.25) is 5.91 Å². The Morgan fingerprint density at radius 2 is 2.47 bits per heavy atom. The molecule has 0 spiro atoms. The molecule has 0 bridgehead atoms. The standard InChI is InChI=1S/C12H17N3O4/c1-7-9(2-3-19-7)11(16)15-10(12(17)18)4-8-5-13-6-14-8/h5-7,9-10H,2-4H2,1H3,(H,13,14)(H,15,16)(H,17,18)/t7?,9?,10-/m1/s1. The van der Waals surface area contributed by atoms with E-state index in [1.807, 2.05) is 6.92 Å². The van der Waals surface area contributed by atoms with Crippen molar-refractivity contribution >= 4 is 11.9 Å². The molecule has 0 radical (unpaired) electrons. The molecule has 19 heavy (non-hydrogen) atoms. The molecular weight excluding hydrogens is 250 g/mol. The van der Waals surface area contributed by atoms with Crippen LogP contribution in [0.4, 0.5) is 0 Å². The van der Waals surface area contributed by atoms with E-state index in [-0.39, 0.29) is 24.3 Å². The number of hydrogen-bond acceptors (Lipinski definition) is 4. The predicted octanol–water partition coefficient (Wildman–Crippen LogP) is -0.0534. The number of H-pyrrole nitrogens is 1. The largest absolute Gasteiger partial charge is 0.480 e. The summed E-state index contributed by atoms with van der Waals surface area (Å²) in [4.78, 5) is 29.8. The molecule has 1 amide bonds. The molecule has 1 aliphatic rings. The van der Waals surface area contributed by atoms with Crippen molar-refractivity contribution in [1.82, 2.24) is 15.3 Å². The van der Waals surface area contributed by atoms with Gasteiger partial charge in [0.15, 0.2) is 0 Å². The van der Waals surface area contributed by atoms with Gasteiger partial charge >= 0.3 is 5.97 Å². The summed E-state index contributed by atoms with van der Waals surface area (Å²) in [5.74, 6) is -1.60. The van der Waals surface area contributed by atoms with Gasteiger partial charge in [-0.1, -0.05) is 0 Å². The van der Waals surface area contributed by atoms with Crippen molar-refractivity contribution in [2.45, 2.75) is 31.9 Å². The van der Waals surface area contributed by atoms with Gasteiger partial charge in [-0.05, 0) is 13.3 Å². The summed E-state index contributed by atoms with van der Waals surface area (Å²) in [6.45, 7) is 2.36. The molecular formula is C12H17N3O4. The second-order valence-corrected chi connectivity index (χ2v) is 4.65. The lowest BCUT2D eigenvalue weighted by molar-refractivity contribution is -0.142. The summed E-state index contributed by atoms with van der Waals surface area (Å²) in [5, 5.41) is 11.7. The fraction of sp³-hybridized carbons (Fsp3) is 0.583. The highest BCUT2D eigenvalue weighted by Crippen LogP contribution is 2.20. The fourth-order valence-corrected chi connectivity index (χ4v) is 2.17. The van der Waals surface area contributed by atoms with Crippen LogP contribution in [-0.4, -0.2) is 45.7 Å². The van der Waals surface area contributed by atoms with E-state index in [4.69, 9.17) is 9.84 Å². The molecule has 1 aromatic rings. The zero-order valence-electron chi connectivity index (χ0n) is 10.6. The van der Waals surface area contributed by atoms with Gasteiger partial charge in [-0.15, -0.1) is 0 Å². The first-order valence-electron chi connectivity index (χ1n) is 6.20. The minimum atomic E-state index is -1.06. The molecule has 2 unspecified atom stereocenters. The molecule has 3 atom stereocenters. The normalized spacial score (nSPS) is 24.1. The fourth-order valence-electron chi connectivity index (χ4n) is 2.17. The minimum absolute atomic E-state index is 0.165. The number of aromatic nitrogens is 2. The van der Waals surface area contributed by atoms with Crippen molar-refractivity contribution in [3.8, 4) is 0 Å². The summed E-state index contributed by atoms with van der Waals surface area (Å²) >= 11 is 0. The first-order chi connectivity index (χ1) is 9.08. The van der Waals surface area contributed by atoms with Crippen LogP contribution in [0.25, 0.3) is 0 Å². The van der Waals surface area contributed by atoms with Gasteiger partial charge in [-0.2, -0.15) is 0 Å². The van der Waals surface area contributed by atoms with E-state index in [2.05, 4.69) is 15.3 Å². The molecule has 0 saturated carbocycles. The van der Waals surface area contributed by atoms with Gasteiger partial charge in [0.25, 0.3) is 0 Å². The third-order valence-corrected chi connectivity index (χ3v) is 3.31. The van der Waals surface area contributed by atoms with Crippen LogP contribution in [-0.2, 0) is 20.7 Å². The quantitative estimate of drug-likeness (QED) is 0.693. The molecule has 1 saturated heterocycles. The molecule has 1 aromatic heterocycles. The number of rotatable bonds is 5. The molecule has 2 heterocycles. The van der Waals surface area contributed by atoms with Crippen molar-refractivity contribution in [3.05, 3.63) is 18.2 Å². The first-order valence-corrected chi connectivity index (χ1v) is 6.20. The molecule has 104 valence electrons. The number of ether oxygens (including phenoxy) is 1. The number of aromatic amines is 1. The molecule has 0 aliphatic carbocycles. The summed E-state index contributed by atoms with van der Waals surface area (Å²) < 4.78 is 5.31. The van der Waals surface area contributed by atoms with Crippen LogP contribution < -0.4 is 5.32 Å². The molecule has 7 heteroatoms. The zero-order valence-corrected chi connectivity index (χ0v) is 10.6. The maximum atomic E-state index is 12.0. The second kappa shape index (κ2) is 5.83. The third kappa shape index (κ3) is 3.31. The Kier molecular flexibility index (Phi) is 4.16. The van der Waals surface area contributed by atoms with E-state index in [9.17, 15) is 9.59 Å². The van der Waals surface area contributed by atoms with Crippen LogP contribution in [0.3, 0.4) is 0 Å². The molecule has 3 N–H and O–H groups in total. The monoisotopic (exact) mass is 267 g/mol. The van der Waals surface area contributed by atoms with Crippen LogP contribution in [0.1, 0.15) is 19.0 Å². The van der Waals surface area contributed by atoms with E-state index in [1.54, 1.807) is 6.20 Å². The van der Waals surface area contributed by atoms with Gasteiger partial charge in [-0.25, -0.2) is 9.78 Å². The van der Waals surface area contributed by atoms with Crippen LogP contribution in [0.5, 0.6) is 0 Å². The summed E-state index contributed by atoms with van der Waals surface area (Å²) in [7, 11) is 0. The highest BCUT2D eigenvalue weighted by Gasteiger charge is 2.33. The number of amides is 1. The Hall–Kier alpha value is -1.89. The maximum absolute atomic E-state index is 12.0. The highest BCUT2D eigenvalue weighted by atomic mass is 16.5. The number of imidazole rings is 1. The van der Waals surface area contributed by atoms with Crippen LogP contribution in [0.2, 0.25) is 0 Å². The number of carboxylic acids is 1. The predicted molar refractivity (Wildman–Crippen MR) is 65.4 cm³/mol. The van der Waals surface area contributed by atoms with Crippen molar-refractivity contribution < 1.29 is 19.4 Å². The average Bonchev–Trinajstić information content (AvgIpc) is 2.99. The first kappa shape index (κ1) is 13.5. The van der Waals surface area contributed by atoms with Crippen LogP contribution in [0, 0.1) is 5.92 Å². The SMILES string of the molecule is CC1OCCC1C(=O)N[C@H](Cc1cnc[nH]1)C(=O)O. The number of carbonyl (C=O) groups is 2. The lowest BCUT2D eigenvalue weighted by Crippen LogP contribution is -2.46. The maximum Gasteiger partial charge on any atom is 0.326 e. The highest BCUT2D eigenvalue weighted by molar-refractivity contribution is 5.85. The zero-order chi connectivity index (χ0) is 13.8. The van der Waals surface area contributed by atoms with Gasteiger partial charge < -0.3 is 20.1 Å². The summed E-state index contributed by atoms with van der Waals surface area (Å²) in [6.07, 6.45) is 3.67. The topological polar surface area (TPSA) is 104 Å². The van der Waals surface area contributed by atoms with E-state index >= 15 is 0 Å². The van der Waals surface area contributed by atoms with Gasteiger partial charge in [0, 0.05) is 24.9 Å². The average molecular weight is 267 g/mol. The van der Waals surface area contributed by atoms with E-state index in [0.717, 1.165) is 0 Å². The van der Waals surface area contributed by atoms with Gasteiger partial charge in [0.1, 0.15) is 6.04 Å². The Morgan fingerprint density at radius 3 is 3.00 bits per heavy atom. The van der Waals surface area contributed by atoms with Crippen molar-refractivity contribution in [2.24, 2.45) is 5.92 Å². The third-order valence-electron chi connectivity index (χ3n) is 3.31. The Labute approximate surface area is 110 Å². The number of nitrogens with zero attached hydrogens (tertiary/aromatic N) is 1. The number of carbonyl (C=O) groups excluding carboxylic acids is 1. The van der Waals surface area contributed by atoms with Crippen molar-refractivity contribution in [3.63, 3.8) is 0 Å². The molecule has 7 nitrogen and oxygen atoms in total. The lowest BCUT2D eigenvalue weighted by atomic mass is 10.0. The van der Waals surface area contributed by atoms with Gasteiger partial charge in [-0.3, -0.25) is 4.79 Å². The molecule has 2 rings (SSSR count). The molecule has 1 fully saturated rings. The Morgan fingerprint density at radius 1 is 1.68 bits per heavy atom.